The number of carbonyl (C=O) groups excluding carboxylic acids is 1. The van der Waals surface area contributed by atoms with Gasteiger partial charge in [-0.25, -0.2) is 5.43 Å². The van der Waals surface area contributed by atoms with Crippen molar-refractivity contribution in [2.75, 3.05) is 0 Å². The molecule has 124 valence electrons. The quantitative estimate of drug-likeness (QED) is 0.677. The second kappa shape index (κ2) is 7.60. The second-order valence-corrected chi connectivity index (χ2v) is 5.73. The topological polar surface area (TPSA) is 70.2 Å². The van der Waals surface area contributed by atoms with Crippen molar-refractivity contribution in [3.63, 3.8) is 0 Å². The highest BCUT2D eigenvalue weighted by atomic mass is 16.2. The highest BCUT2D eigenvalue weighted by Crippen LogP contribution is 2.26. The third kappa shape index (κ3) is 3.54. The Balaban J connectivity index is 2.39. The van der Waals surface area contributed by atoms with Crippen LogP contribution in [0.1, 0.15) is 41.4 Å². The zero-order chi connectivity index (χ0) is 17.7. The van der Waals surface area contributed by atoms with Gasteiger partial charge in [-0.2, -0.15) is 10.4 Å². The molecule has 0 saturated heterocycles. The molecule has 0 aliphatic heterocycles. The summed E-state index contributed by atoms with van der Waals surface area (Å²) in [5.41, 5.74) is 9.21. The molecule has 0 aliphatic carbocycles. The van der Waals surface area contributed by atoms with Gasteiger partial charge in [0.05, 0.1) is 18.0 Å². The average molecular weight is 322 g/mol. The summed E-state index contributed by atoms with van der Waals surface area (Å²) in [5, 5.41) is 12.4. The van der Waals surface area contributed by atoms with Crippen molar-refractivity contribution in [3.05, 3.63) is 52.3 Å². The molecule has 0 saturated carbocycles. The van der Waals surface area contributed by atoms with Gasteiger partial charge in [0, 0.05) is 17.0 Å². The largest absolute Gasteiger partial charge is 0.317 e. The van der Waals surface area contributed by atoms with Crippen LogP contribution in [0.3, 0.4) is 0 Å². The number of nitriles is 1. The van der Waals surface area contributed by atoms with Gasteiger partial charge in [-0.05, 0) is 44.4 Å². The predicted molar refractivity (Wildman–Crippen MR) is 95.3 cm³/mol. The minimum Gasteiger partial charge on any atom is -0.317 e. The zero-order valence-corrected chi connectivity index (χ0v) is 14.6. The van der Waals surface area contributed by atoms with Gasteiger partial charge >= 0.3 is 0 Å². The van der Waals surface area contributed by atoms with E-state index < -0.39 is 5.91 Å². The highest BCUT2D eigenvalue weighted by Gasteiger charge is 2.14. The minimum absolute atomic E-state index is 0.195. The Labute approximate surface area is 142 Å². The first-order valence-electron chi connectivity index (χ1n) is 7.96. The molecule has 1 aromatic heterocycles. The van der Waals surface area contributed by atoms with E-state index in [4.69, 9.17) is 5.26 Å². The molecule has 0 spiro atoms. The zero-order valence-electron chi connectivity index (χ0n) is 14.6. The Hall–Kier alpha value is -2.87. The Morgan fingerprint density at radius 3 is 2.79 bits per heavy atom. The standard InChI is InChI=1S/C19H22N4O/c1-5-16-8-6-7-13(2)19(16)23-14(3)11-17(15(23)4)12-21-22-18(24)9-10-20/h6-8,11-12H,5,9H2,1-4H3,(H,22,24)/b21-12-. The molecular weight excluding hydrogens is 300 g/mol. The number of aryl methyl sites for hydroxylation is 3. The Morgan fingerprint density at radius 1 is 1.38 bits per heavy atom. The molecule has 0 fully saturated rings. The fraction of sp³-hybridized carbons (Fsp3) is 0.316. The average Bonchev–Trinajstić information content (AvgIpc) is 2.82. The van der Waals surface area contributed by atoms with Crippen molar-refractivity contribution in [1.82, 2.24) is 9.99 Å². The first kappa shape index (κ1) is 17.5. The van der Waals surface area contributed by atoms with Crippen molar-refractivity contribution in [2.24, 2.45) is 5.10 Å². The molecule has 1 N–H and O–H groups in total. The smallest absolute Gasteiger partial charge is 0.254 e. The molecule has 0 radical (unpaired) electrons. The molecule has 1 amide bonds. The molecule has 0 aliphatic rings. The van der Waals surface area contributed by atoms with Crippen molar-refractivity contribution in [3.8, 4) is 11.8 Å². The Bertz CT molecular complexity index is 825. The fourth-order valence-electron chi connectivity index (χ4n) is 2.87. The van der Waals surface area contributed by atoms with E-state index in [0.29, 0.717) is 0 Å². The summed E-state index contributed by atoms with van der Waals surface area (Å²) in [4.78, 5) is 11.3. The molecule has 1 heterocycles. The monoisotopic (exact) mass is 322 g/mol. The molecule has 2 rings (SSSR count). The van der Waals surface area contributed by atoms with Crippen LogP contribution in [0, 0.1) is 32.1 Å². The number of hydrazone groups is 1. The van der Waals surface area contributed by atoms with E-state index in [1.165, 1.54) is 16.8 Å². The lowest BCUT2D eigenvalue weighted by Gasteiger charge is -2.17. The van der Waals surface area contributed by atoms with Gasteiger partial charge < -0.3 is 4.57 Å². The molecule has 24 heavy (non-hydrogen) atoms. The van der Waals surface area contributed by atoms with Gasteiger partial charge in [-0.1, -0.05) is 25.1 Å². The van der Waals surface area contributed by atoms with Crippen LogP contribution in [0.4, 0.5) is 0 Å². The summed E-state index contributed by atoms with van der Waals surface area (Å²) in [6.07, 6.45) is 2.39. The van der Waals surface area contributed by atoms with Crippen LogP contribution in [-0.2, 0) is 11.2 Å². The molecule has 2 aromatic rings. The van der Waals surface area contributed by atoms with Gasteiger partial charge in [-0.15, -0.1) is 0 Å². The van der Waals surface area contributed by atoms with Crippen LogP contribution in [0.15, 0.2) is 29.4 Å². The summed E-state index contributed by atoms with van der Waals surface area (Å²) in [6.45, 7) is 8.37. The van der Waals surface area contributed by atoms with Crippen LogP contribution in [-0.4, -0.2) is 16.7 Å². The molecular formula is C19H22N4O. The van der Waals surface area contributed by atoms with Gasteiger partial charge in [0.1, 0.15) is 6.42 Å². The van der Waals surface area contributed by atoms with E-state index in [-0.39, 0.29) is 6.42 Å². The van der Waals surface area contributed by atoms with Gasteiger partial charge in [0.15, 0.2) is 0 Å². The van der Waals surface area contributed by atoms with Crippen LogP contribution in [0.25, 0.3) is 5.69 Å². The third-order valence-electron chi connectivity index (χ3n) is 4.03. The summed E-state index contributed by atoms with van der Waals surface area (Å²) in [6, 6.07) is 10.2. The van der Waals surface area contributed by atoms with E-state index in [9.17, 15) is 4.79 Å². The van der Waals surface area contributed by atoms with Gasteiger partial charge in [0.2, 0.25) is 0 Å². The lowest BCUT2D eigenvalue weighted by Crippen LogP contribution is -2.16. The number of benzene rings is 1. The van der Waals surface area contributed by atoms with Gasteiger partial charge in [-0.3, -0.25) is 4.79 Å². The summed E-state index contributed by atoms with van der Waals surface area (Å²) in [7, 11) is 0. The number of amides is 1. The van der Waals surface area contributed by atoms with E-state index in [0.717, 1.165) is 23.4 Å². The van der Waals surface area contributed by atoms with E-state index >= 15 is 0 Å². The molecule has 0 atom stereocenters. The van der Waals surface area contributed by atoms with Crippen molar-refractivity contribution in [2.45, 2.75) is 40.5 Å². The number of para-hydroxylation sites is 1. The highest BCUT2D eigenvalue weighted by molar-refractivity contribution is 5.84. The lowest BCUT2D eigenvalue weighted by molar-refractivity contribution is -0.120. The van der Waals surface area contributed by atoms with E-state index in [1.807, 2.05) is 13.0 Å². The third-order valence-corrected chi connectivity index (χ3v) is 4.03. The van der Waals surface area contributed by atoms with Crippen molar-refractivity contribution < 1.29 is 4.79 Å². The number of aromatic nitrogens is 1. The lowest BCUT2D eigenvalue weighted by atomic mass is 10.1. The maximum absolute atomic E-state index is 11.3. The molecule has 5 nitrogen and oxygen atoms in total. The normalized spacial score (nSPS) is 10.8. The SMILES string of the molecule is CCc1cccc(C)c1-n1c(C)cc(/C=N\NC(=O)CC#N)c1C. The summed E-state index contributed by atoms with van der Waals surface area (Å²) < 4.78 is 2.23. The summed E-state index contributed by atoms with van der Waals surface area (Å²) in [5.74, 6) is -0.408. The second-order valence-electron chi connectivity index (χ2n) is 5.73. The maximum Gasteiger partial charge on any atom is 0.254 e. The number of nitrogens with one attached hydrogen (secondary N) is 1. The molecule has 0 bridgehead atoms. The van der Waals surface area contributed by atoms with Gasteiger partial charge in [0.25, 0.3) is 5.91 Å². The number of hydrogen-bond donors (Lipinski definition) is 1. The number of rotatable bonds is 5. The van der Waals surface area contributed by atoms with Crippen molar-refractivity contribution >= 4 is 12.1 Å². The minimum atomic E-state index is -0.408. The fourth-order valence-corrected chi connectivity index (χ4v) is 2.87. The van der Waals surface area contributed by atoms with Crippen LogP contribution >= 0.6 is 0 Å². The Kier molecular flexibility index (Phi) is 5.54. The predicted octanol–water partition coefficient (Wildman–Crippen LogP) is 3.33. The van der Waals surface area contributed by atoms with Crippen LogP contribution in [0.2, 0.25) is 0 Å². The van der Waals surface area contributed by atoms with E-state index in [2.05, 4.69) is 54.1 Å². The Morgan fingerprint density at radius 2 is 2.12 bits per heavy atom. The number of hydrogen-bond acceptors (Lipinski definition) is 3. The summed E-state index contributed by atoms with van der Waals surface area (Å²) >= 11 is 0. The molecule has 1 aromatic carbocycles. The van der Waals surface area contributed by atoms with Crippen molar-refractivity contribution in [1.29, 1.82) is 5.26 Å². The first-order valence-corrected chi connectivity index (χ1v) is 7.96. The first-order chi connectivity index (χ1) is 11.5. The van der Waals surface area contributed by atoms with E-state index in [1.54, 1.807) is 12.3 Å². The maximum atomic E-state index is 11.3. The molecule has 0 unspecified atom stereocenters. The molecule has 5 heteroatoms. The number of carbonyl (C=O) groups is 1. The van der Waals surface area contributed by atoms with Crippen LogP contribution < -0.4 is 5.43 Å². The number of nitrogens with zero attached hydrogens (tertiary/aromatic N) is 3. The van der Waals surface area contributed by atoms with Crippen LogP contribution in [0.5, 0.6) is 0 Å².